The predicted octanol–water partition coefficient (Wildman–Crippen LogP) is 9.11. The largest absolute Gasteiger partial charge is 0.505 e. The lowest BCUT2D eigenvalue weighted by Gasteiger charge is -2.13. The van der Waals surface area contributed by atoms with Crippen molar-refractivity contribution in [1.82, 2.24) is 39.5 Å². The van der Waals surface area contributed by atoms with Crippen molar-refractivity contribution in [2.45, 2.75) is 0 Å². The number of rotatable bonds is 10. The van der Waals surface area contributed by atoms with Crippen LogP contribution in [0.3, 0.4) is 0 Å². The average molecular weight is 843 g/mol. The van der Waals surface area contributed by atoms with Crippen LogP contribution < -0.4 is 10.6 Å². The number of carbonyl (C=O) groups is 2. The Kier molecular flexibility index (Phi) is 10.4. The predicted molar refractivity (Wildman–Crippen MR) is 231 cm³/mol. The summed E-state index contributed by atoms with van der Waals surface area (Å²) in [5, 5.41) is 65.4. The van der Waals surface area contributed by atoms with Crippen LogP contribution in [0.5, 0.6) is 11.5 Å². The maximum absolute atomic E-state index is 13.9. The number of hydrogen-bond acceptors (Lipinski definition) is 15. The summed E-state index contributed by atoms with van der Waals surface area (Å²) in [6.45, 7) is 7.57. The maximum atomic E-state index is 13.9. The number of nitriles is 1. The third kappa shape index (κ3) is 7.51. The SMILES string of the molecule is [C-]#[N+]c1cnn(-c2ncccn2)c1N=Nc1cc2ccccc2c(C(=O)Nc2ccc(NC(=O)c3c(O)c(N=Nc4c(C#N)cnn4-c4ncccn4)cc4ccccc34)cc2)c1O. The zero-order valence-electron chi connectivity index (χ0n) is 32.7. The van der Waals surface area contributed by atoms with Crippen molar-refractivity contribution in [3.8, 4) is 29.5 Å². The van der Waals surface area contributed by atoms with Gasteiger partial charge in [-0.05, 0) is 70.1 Å². The summed E-state index contributed by atoms with van der Waals surface area (Å²) in [4.78, 5) is 47.9. The van der Waals surface area contributed by atoms with Gasteiger partial charge in [0.15, 0.2) is 23.1 Å². The number of nitrogens with zero attached hydrogens (tertiary/aromatic N) is 14. The van der Waals surface area contributed by atoms with Crippen LogP contribution in [0, 0.1) is 17.9 Å². The first-order valence-electron chi connectivity index (χ1n) is 18.9. The topological polar surface area (TPSA) is 263 Å². The second-order valence-corrected chi connectivity index (χ2v) is 13.4. The Morgan fingerprint density at radius 2 is 1.08 bits per heavy atom. The van der Waals surface area contributed by atoms with E-state index >= 15 is 0 Å². The van der Waals surface area contributed by atoms with E-state index < -0.39 is 23.3 Å². The van der Waals surface area contributed by atoms with Gasteiger partial charge < -0.3 is 20.8 Å². The van der Waals surface area contributed by atoms with E-state index in [1.54, 1.807) is 97.1 Å². The van der Waals surface area contributed by atoms with Crippen LogP contribution in [0.1, 0.15) is 26.3 Å². The third-order valence-corrected chi connectivity index (χ3v) is 9.56. The normalized spacial score (nSPS) is 11.2. The zero-order chi connectivity index (χ0) is 44.2. The number of fused-ring (bicyclic) bond motifs is 2. The molecular weight excluding hydrogens is 817 g/mol. The highest BCUT2D eigenvalue weighted by Crippen LogP contribution is 2.41. The molecule has 0 radical (unpaired) electrons. The fourth-order valence-electron chi connectivity index (χ4n) is 6.60. The Labute approximate surface area is 360 Å². The molecule has 0 aliphatic heterocycles. The maximum Gasteiger partial charge on any atom is 0.260 e. The van der Waals surface area contributed by atoms with Crippen LogP contribution in [0.15, 0.2) is 155 Å². The number of hydrogen-bond donors (Lipinski definition) is 4. The number of aromatic hydroxyl groups is 2. The Hall–Kier alpha value is -10.1. The van der Waals surface area contributed by atoms with Gasteiger partial charge in [0.25, 0.3) is 29.4 Å². The number of carbonyl (C=O) groups excluding carboxylic acids is 2. The van der Waals surface area contributed by atoms with Crippen LogP contribution in [0.2, 0.25) is 0 Å². The van der Waals surface area contributed by atoms with E-state index in [0.717, 1.165) is 0 Å². The lowest BCUT2D eigenvalue weighted by molar-refractivity contribution is 0.101. The number of nitrogens with one attached hydrogen (secondary N) is 2. The minimum atomic E-state index is -0.673. The summed E-state index contributed by atoms with van der Waals surface area (Å²) in [5.41, 5.74) is 0.482. The van der Waals surface area contributed by atoms with Gasteiger partial charge in [-0.1, -0.05) is 48.5 Å². The van der Waals surface area contributed by atoms with Gasteiger partial charge in [-0.2, -0.15) is 24.8 Å². The molecule has 0 saturated heterocycles. The van der Waals surface area contributed by atoms with Gasteiger partial charge in [-0.3, -0.25) is 9.59 Å². The Balaban J connectivity index is 0.970. The highest BCUT2D eigenvalue weighted by Gasteiger charge is 2.23. The van der Waals surface area contributed by atoms with E-state index in [-0.39, 0.29) is 57.3 Å². The molecule has 0 spiro atoms. The van der Waals surface area contributed by atoms with Crippen LogP contribution in [0.4, 0.5) is 40.1 Å². The number of azo groups is 2. The minimum absolute atomic E-state index is 0.0105. The van der Waals surface area contributed by atoms with E-state index in [1.807, 2.05) is 6.07 Å². The molecule has 20 heteroatoms. The molecule has 20 nitrogen and oxygen atoms in total. The minimum Gasteiger partial charge on any atom is -0.505 e. The molecule has 0 bridgehead atoms. The Bertz CT molecular complexity index is 3200. The molecule has 2 amide bonds. The van der Waals surface area contributed by atoms with E-state index in [2.05, 4.69) is 66.1 Å². The standard InChI is InChI=1S/C44H26N16O4/c1-46-34-24-52-60(44-49-18-7-19-50-44)40(34)58-56-33-21-26-9-3-5-11-31(26)36(38(33)62)42(64)54-29-14-12-28(13-15-29)53-41(63)35-30-10-4-2-8-25(30)20-32(37(35)61)55-57-39-27(22-45)23-51-59(39)43-47-16-6-17-48-43/h2-21,23-24,61-62H,(H,53,63)(H,54,64). The van der Waals surface area contributed by atoms with E-state index in [0.29, 0.717) is 32.9 Å². The first-order valence-corrected chi connectivity index (χ1v) is 18.9. The van der Waals surface area contributed by atoms with Crippen molar-refractivity contribution >= 4 is 73.4 Å². The number of amides is 2. The van der Waals surface area contributed by atoms with Crippen LogP contribution in [0.25, 0.3) is 38.3 Å². The number of anilines is 2. The van der Waals surface area contributed by atoms with Crippen molar-refractivity contribution < 1.29 is 19.8 Å². The van der Waals surface area contributed by atoms with E-state index in [4.69, 9.17) is 6.57 Å². The van der Waals surface area contributed by atoms with Crippen molar-refractivity contribution in [3.63, 3.8) is 0 Å². The van der Waals surface area contributed by atoms with Crippen molar-refractivity contribution in [1.29, 1.82) is 5.26 Å². The molecule has 306 valence electrons. The van der Waals surface area contributed by atoms with Gasteiger partial charge in [-0.25, -0.2) is 24.8 Å². The fourth-order valence-corrected chi connectivity index (χ4v) is 6.60. The second-order valence-electron chi connectivity index (χ2n) is 13.4. The number of benzene rings is 5. The summed E-state index contributed by atoms with van der Waals surface area (Å²) < 4.78 is 2.46. The lowest BCUT2D eigenvalue weighted by atomic mass is 10.0. The second kappa shape index (κ2) is 16.9. The van der Waals surface area contributed by atoms with E-state index in [9.17, 15) is 25.1 Å². The molecule has 0 aliphatic rings. The highest BCUT2D eigenvalue weighted by molar-refractivity contribution is 6.17. The van der Waals surface area contributed by atoms with Gasteiger partial charge in [0.2, 0.25) is 0 Å². The zero-order valence-corrected chi connectivity index (χ0v) is 32.7. The number of phenols is 2. The van der Waals surface area contributed by atoms with Crippen LogP contribution in [-0.2, 0) is 0 Å². The molecule has 64 heavy (non-hydrogen) atoms. The van der Waals surface area contributed by atoms with Gasteiger partial charge >= 0.3 is 0 Å². The first-order chi connectivity index (χ1) is 31.3. The summed E-state index contributed by atoms with van der Waals surface area (Å²) >= 11 is 0. The third-order valence-electron chi connectivity index (χ3n) is 9.56. The van der Waals surface area contributed by atoms with Crippen molar-refractivity contribution in [3.05, 3.63) is 162 Å². The molecule has 0 fully saturated rings. The van der Waals surface area contributed by atoms with Gasteiger partial charge in [0.05, 0.1) is 30.1 Å². The van der Waals surface area contributed by atoms with Crippen molar-refractivity contribution in [2.24, 2.45) is 20.5 Å². The first kappa shape index (κ1) is 39.4. The molecule has 9 rings (SSSR count). The van der Waals surface area contributed by atoms with Gasteiger partial charge in [-0.15, -0.1) is 20.5 Å². The van der Waals surface area contributed by atoms with Gasteiger partial charge in [0, 0.05) is 36.2 Å². The molecule has 5 aromatic carbocycles. The number of phenolic OH excluding ortho intramolecular Hbond substituents is 2. The van der Waals surface area contributed by atoms with Gasteiger partial charge in [0.1, 0.15) is 23.0 Å². The summed E-state index contributed by atoms with van der Waals surface area (Å²) in [6.07, 6.45) is 8.59. The lowest BCUT2D eigenvalue weighted by Crippen LogP contribution is -2.14. The monoisotopic (exact) mass is 842 g/mol. The summed E-state index contributed by atoms with van der Waals surface area (Å²) in [7, 11) is 0. The fraction of sp³-hybridized carbons (Fsp3) is 0. The highest BCUT2D eigenvalue weighted by atomic mass is 16.3. The molecule has 4 aromatic heterocycles. The van der Waals surface area contributed by atoms with Crippen LogP contribution in [-0.4, -0.2) is 61.5 Å². The Morgan fingerprint density at radius 3 is 1.56 bits per heavy atom. The molecule has 4 N–H and O–H groups in total. The molecule has 9 aromatic rings. The average Bonchev–Trinajstić information content (AvgIpc) is 3.95. The van der Waals surface area contributed by atoms with E-state index in [1.165, 1.54) is 46.5 Å². The Morgan fingerprint density at radius 1 is 0.625 bits per heavy atom. The van der Waals surface area contributed by atoms with Crippen LogP contribution >= 0.6 is 0 Å². The summed E-state index contributed by atoms with van der Waals surface area (Å²) in [6, 6.07) is 28.3. The summed E-state index contributed by atoms with van der Waals surface area (Å²) in [5.74, 6) is -1.96. The molecule has 0 saturated carbocycles. The number of aromatic nitrogens is 8. The molecule has 4 heterocycles. The molecular formula is C44H26N16O4. The molecule has 0 aliphatic carbocycles. The molecule has 0 atom stereocenters. The quantitative estimate of drug-likeness (QED) is 0.0745. The smallest absolute Gasteiger partial charge is 0.260 e. The molecule has 0 unspecified atom stereocenters. The van der Waals surface area contributed by atoms with Crippen molar-refractivity contribution in [2.75, 3.05) is 10.6 Å².